The van der Waals surface area contributed by atoms with Gasteiger partial charge in [0.1, 0.15) is 12.4 Å². The number of rotatable bonds is 6. The zero-order valence-corrected chi connectivity index (χ0v) is 16.6. The number of aromatic nitrogens is 1. The Bertz CT molecular complexity index is 800. The number of aryl methyl sites for hydroxylation is 1. The Morgan fingerprint density at radius 2 is 2.00 bits per heavy atom. The van der Waals surface area contributed by atoms with Crippen LogP contribution >= 0.6 is 0 Å². The van der Waals surface area contributed by atoms with Crippen molar-refractivity contribution in [2.75, 3.05) is 26.2 Å². The number of likely N-dealkylation sites (tertiary alicyclic amines) is 2. The summed E-state index contributed by atoms with van der Waals surface area (Å²) in [7, 11) is 0. The van der Waals surface area contributed by atoms with Gasteiger partial charge < -0.3 is 14.5 Å². The first-order chi connectivity index (χ1) is 13.7. The second-order valence-electron chi connectivity index (χ2n) is 7.93. The topological polar surface area (TPSA) is 45.7 Å². The normalized spacial score (nSPS) is 19.9. The number of pyridine rings is 1. The zero-order valence-electron chi connectivity index (χ0n) is 16.6. The Morgan fingerprint density at radius 1 is 1.14 bits per heavy atom. The molecule has 1 unspecified atom stereocenters. The molecule has 148 valence electrons. The molecular formula is C23H29N3O2. The summed E-state index contributed by atoms with van der Waals surface area (Å²) in [6.45, 7) is 6.64. The largest absolute Gasteiger partial charge is 0.487 e. The number of benzene rings is 1. The van der Waals surface area contributed by atoms with E-state index in [1.165, 1.54) is 25.9 Å². The third kappa shape index (κ3) is 4.53. The van der Waals surface area contributed by atoms with E-state index in [-0.39, 0.29) is 5.91 Å². The van der Waals surface area contributed by atoms with E-state index in [9.17, 15) is 4.79 Å². The Balaban J connectivity index is 1.39. The van der Waals surface area contributed by atoms with Crippen molar-refractivity contribution in [1.29, 1.82) is 0 Å². The van der Waals surface area contributed by atoms with Gasteiger partial charge in [-0.05, 0) is 75.5 Å². The van der Waals surface area contributed by atoms with Gasteiger partial charge in [-0.1, -0.05) is 12.1 Å². The van der Waals surface area contributed by atoms with Gasteiger partial charge in [0, 0.05) is 30.4 Å². The summed E-state index contributed by atoms with van der Waals surface area (Å²) in [5, 5.41) is 0. The summed E-state index contributed by atoms with van der Waals surface area (Å²) in [5.74, 6) is 0.896. The molecular weight excluding hydrogens is 350 g/mol. The predicted molar refractivity (Wildman–Crippen MR) is 109 cm³/mol. The summed E-state index contributed by atoms with van der Waals surface area (Å²) < 4.78 is 5.82. The molecule has 4 rings (SSSR count). The number of carbonyl (C=O) groups is 1. The fourth-order valence-corrected chi connectivity index (χ4v) is 4.22. The van der Waals surface area contributed by atoms with E-state index in [1.807, 2.05) is 43.3 Å². The highest BCUT2D eigenvalue weighted by molar-refractivity contribution is 5.94. The maximum absolute atomic E-state index is 13.2. The van der Waals surface area contributed by atoms with E-state index in [4.69, 9.17) is 4.74 Å². The standard InChI is InChI=1S/C23H29N3O2/c1-18-9-10-22(15-24-18)28-17-19-6-4-7-20(14-19)23(27)26-13-5-8-21(26)16-25-11-2-3-12-25/h4,6-7,9-10,14-15,21H,2-3,5,8,11-13,16-17H2,1H3. The van der Waals surface area contributed by atoms with Gasteiger partial charge in [0.25, 0.3) is 5.91 Å². The van der Waals surface area contributed by atoms with Crippen molar-refractivity contribution in [2.24, 2.45) is 0 Å². The average molecular weight is 380 g/mol. The van der Waals surface area contributed by atoms with E-state index in [1.54, 1.807) is 6.20 Å². The Hall–Kier alpha value is -2.40. The summed E-state index contributed by atoms with van der Waals surface area (Å²) in [4.78, 5) is 22.0. The lowest BCUT2D eigenvalue weighted by Gasteiger charge is -2.28. The van der Waals surface area contributed by atoms with Gasteiger partial charge in [-0.25, -0.2) is 0 Å². The zero-order chi connectivity index (χ0) is 19.3. The van der Waals surface area contributed by atoms with Crippen molar-refractivity contribution in [3.8, 4) is 5.75 Å². The quantitative estimate of drug-likeness (QED) is 0.768. The van der Waals surface area contributed by atoms with Crippen LogP contribution in [-0.2, 0) is 6.61 Å². The van der Waals surface area contributed by atoms with Gasteiger partial charge in [-0.15, -0.1) is 0 Å². The predicted octanol–water partition coefficient (Wildman–Crippen LogP) is 3.67. The molecule has 1 aromatic carbocycles. The lowest BCUT2D eigenvalue weighted by molar-refractivity contribution is 0.0708. The lowest BCUT2D eigenvalue weighted by Crippen LogP contribution is -2.42. The molecule has 3 heterocycles. The van der Waals surface area contributed by atoms with E-state index in [0.717, 1.165) is 48.5 Å². The molecule has 1 atom stereocenters. The molecule has 5 heteroatoms. The number of ether oxygens (including phenoxy) is 1. The van der Waals surface area contributed by atoms with Gasteiger partial charge in [0.15, 0.2) is 0 Å². The number of hydrogen-bond donors (Lipinski definition) is 0. The van der Waals surface area contributed by atoms with Crippen LogP contribution in [0.15, 0.2) is 42.6 Å². The van der Waals surface area contributed by atoms with Crippen LogP contribution in [0.5, 0.6) is 5.75 Å². The van der Waals surface area contributed by atoms with Crippen molar-refractivity contribution in [1.82, 2.24) is 14.8 Å². The summed E-state index contributed by atoms with van der Waals surface area (Å²) in [5.41, 5.74) is 2.73. The Morgan fingerprint density at radius 3 is 2.79 bits per heavy atom. The fraction of sp³-hybridized carbons (Fsp3) is 0.478. The highest BCUT2D eigenvalue weighted by atomic mass is 16.5. The molecule has 0 spiro atoms. The minimum atomic E-state index is 0.153. The van der Waals surface area contributed by atoms with Gasteiger partial charge in [-0.3, -0.25) is 9.78 Å². The minimum Gasteiger partial charge on any atom is -0.487 e. The fourth-order valence-electron chi connectivity index (χ4n) is 4.22. The first-order valence-electron chi connectivity index (χ1n) is 10.4. The van der Waals surface area contributed by atoms with Crippen molar-refractivity contribution < 1.29 is 9.53 Å². The molecule has 1 amide bonds. The van der Waals surface area contributed by atoms with Crippen LogP contribution in [0.25, 0.3) is 0 Å². The monoisotopic (exact) mass is 379 g/mol. The molecule has 2 aliphatic rings. The van der Waals surface area contributed by atoms with Crippen LogP contribution < -0.4 is 4.74 Å². The SMILES string of the molecule is Cc1ccc(OCc2cccc(C(=O)N3CCCC3CN3CCCC3)c2)cn1. The molecule has 2 aliphatic heterocycles. The first-order valence-corrected chi connectivity index (χ1v) is 10.4. The molecule has 0 bridgehead atoms. The molecule has 1 aromatic heterocycles. The van der Waals surface area contributed by atoms with E-state index in [0.29, 0.717) is 12.6 Å². The molecule has 2 aromatic rings. The number of carbonyl (C=O) groups excluding carboxylic acids is 1. The number of hydrogen-bond acceptors (Lipinski definition) is 4. The molecule has 2 fully saturated rings. The maximum Gasteiger partial charge on any atom is 0.254 e. The van der Waals surface area contributed by atoms with E-state index < -0.39 is 0 Å². The number of amides is 1. The van der Waals surface area contributed by atoms with Crippen LogP contribution in [0, 0.1) is 6.92 Å². The van der Waals surface area contributed by atoms with E-state index in [2.05, 4.69) is 14.8 Å². The van der Waals surface area contributed by atoms with Gasteiger partial charge in [-0.2, -0.15) is 0 Å². The molecule has 28 heavy (non-hydrogen) atoms. The molecule has 0 N–H and O–H groups in total. The maximum atomic E-state index is 13.2. The van der Waals surface area contributed by atoms with Crippen LogP contribution in [0.1, 0.15) is 47.3 Å². The summed E-state index contributed by atoms with van der Waals surface area (Å²) >= 11 is 0. The lowest BCUT2D eigenvalue weighted by atomic mass is 10.1. The summed E-state index contributed by atoms with van der Waals surface area (Å²) in [6, 6.07) is 12.0. The van der Waals surface area contributed by atoms with Crippen molar-refractivity contribution in [2.45, 2.75) is 45.3 Å². The van der Waals surface area contributed by atoms with Gasteiger partial charge >= 0.3 is 0 Å². The third-order valence-electron chi connectivity index (χ3n) is 5.77. The van der Waals surface area contributed by atoms with Crippen LogP contribution in [0.2, 0.25) is 0 Å². The first kappa shape index (κ1) is 18.9. The van der Waals surface area contributed by atoms with Crippen molar-refractivity contribution in [3.63, 3.8) is 0 Å². The molecule has 0 saturated carbocycles. The van der Waals surface area contributed by atoms with Gasteiger partial charge in [0.05, 0.1) is 6.20 Å². The van der Waals surface area contributed by atoms with Crippen LogP contribution in [0.4, 0.5) is 0 Å². The number of nitrogens with zero attached hydrogens (tertiary/aromatic N) is 3. The second-order valence-corrected chi connectivity index (χ2v) is 7.93. The average Bonchev–Trinajstić information content (AvgIpc) is 3.40. The molecule has 0 aliphatic carbocycles. The smallest absolute Gasteiger partial charge is 0.254 e. The van der Waals surface area contributed by atoms with Crippen LogP contribution in [0.3, 0.4) is 0 Å². The molecule has 5 nitrogen and oxygen atoms in total. The molecule has 2 saturated heterocycles. The van der Waals surface area contributed by atoms with Crippen molar-refractivity contribution in [3.05, 3.63) is 59.4 Å². The third-order valence-corrected chi connectivity index (χ3v) is 5.77. The second kappa shape index (κ2) is 8.74. The molecule has 0 radical (unpaired) electrons. The minimum absolute atomic E-state index is 0.153. The van der Waals surface area contributed by atoms with Gasteiger partial charge in [0.2, 0.25) is 0 Å². The van der Waals surface area contributed by atoms with E-state index >= 15 is 0 Å². The Labute approximate surface area is 167 Å². The Kier molecular flexibility index (Phi) is 5.91. The van der Waals surface area contributed by atoms with Crippen LogP contribution in [-0.4, -0.2) is 52.9 Å². The van der Waals surface area contributed by atoms with Crippen molar-refractivity contribution >= 4 is 5.91 Å². The highest BCUT2D eigenvalue weighted by Crippen LogP contribution is 2.23. The summed E-state index contributed by atoms with van der Waals surface area (Å²) in [6.07, 6.45) is 6.54. The highest BCUT2D eigenvalue weighted by Gasteiger charge is 2.31.